The monoisotopic (exact) mass is 280 g/mol. The molecule has 0 bridgehead atoms. The first-order valence-electron chi connectivity index (χ1n) is 6.44. The molecular weight excluding hydrogens is 263 g/mol. The Bertz CT molecular complexity index is 551. The average Bonchev–Trinajstić information content (AvgIpc) is 2.81. The van der Waals surface area contributed by atoms with Crippen molar-refractivity contribution in [2.45, 2.75) is 26.4 Å². The Morgan fingerprint density at radius 1 is 1.37 bits per heavy atom. The maximum atomic E-state index is 13.8. The molecule has 0 amide bonds. The van der Waals surface area contributed by atoms with Crippen LogP contribution in [0, 0.1) is 5.82 Å². The molecule has 2 aromatic rings. The van der Waals surface area contributed by atoms with Gasteiger partial charge in [-0.15, -0.1) is 0 Å². The lowest BCUT2D eigenvalue weighted by molar-refractivity contribution is 0.544. The van der Waals surface area contributed by atoms with Crippen LogP contribution in [0.3, 0.4) is 0 Å². The number of nitrogens with zero attached hydrogens (tertiary/aromatic N) is 1. The second-order valence-electron chi connectivity index (χ2n) is 4.58. The number of rotatable bonds is 5. The van der Waals surface area contributed by atoms with Gasteiger partial charge in [0.25, 0.3) is 0 Å². The lowest BCUT2D eigenvalue weighted by Crippen LogP contribution is -2.21. The number of hydrogen-bond acceptors (Lipinski definition) is 1. The predicted octanol–water partition coefficient (Wildman–Crippen LogP) is 4.00. The molecule has 1 aromatic heterocycles. The molecule has 0 aliphatic rings. The Hall–Kier alpha value is -1.32. The fraction of sp³-hybridized carbons (Fsp3) is 0.333. The first-order chi connectivity index (χ1) is 9.11. The summed E-state index contributed by atoms with van der Waals surface area (Å²) in [6.45, 7) is 5.60. The maximum Gasteiger partial charge on any atom is 0.129 e. The van der Waals surface area contributed by atoms with Crippen LogP contribution in [-0.4, -0.2) is 11.1 Å². The zero-order chi connectivity index (χ0) is 13.8. The fourth-order valence-electron chi connectivity index (χ4n) is 2.21. The smallest absolute Gasteiger partial charge is 0.129 e. The molecule has 0 radical (unpaired) electrons. The summed E-state index contributed by atoms with van der Waals surface area (Å²) in [6, 6.07) is 9.10. The van der Waals surface area contributed by atoms with Gasteiger partial charge in [-0.25, -0.2) is 4.39 Å². The summed E-state index contributed by atoms with van der Waals surface area (Å²) in [5.74, 6) is -0.261. The van der Waals surface area contributed by atoms with Gasteiger partial charge >= 0.3 is 0 Å². The molecular formula is C15H18ClFN2. The molecule has 1 aromatic carbocycles. The van der Waals surface area contributed by atoms with Gasteiger partial charge in [0.2, 0.25) is 0 Å². The van der Waals surface area contributed by atoms with Crippen molar-refractivity contribution < 1.29 is 4.39 Å². The highest BCUT2D eigenvalue weighted by Gasteiger charge is 2.10. The van der Waals surface area contributed by atoms with Gasteiger partial charge < -0.3 is 9.88 Å². The SMILES string of the molecule is CCNC(C)c1cccn1Cc1ccc(Cl)cc1F. The third-order valence-corrected chi connectivity index (χ3v) is 3.41. The molecule has 2 rings (SSSR count). The van der Waals surface area contributed by atoms with E-state index in [9.17, 15) is 4.39 Å². The largest absolute Gasteiger partial charge is 0.345 e. The summed E-state index contributed by atoms with van der Waals surface area (Å²) >= 11 is 5.76. The quantitative estimate of drug-likeness (QED) is 0.876. The lowest BCUT2D eigenvalue weighted by Gasteiger charge is -2.16. The Balaban J connectivity index is 2.21. The van der Waals surface area contributed by atoms with E-state index in [-0.39, 0.29) is 11.9 Å². The summed E-state index contributed by atoms with van der Waals surface area (Å²) in [6.07, 6.45) is 1.97. The van der Waals surface area contributed by atoms with Crippen LogP contribution in [-0.2, 0) is 6.54 Å². The molecule has 0 saturated heterocycles. The molecule has 1 N–H and O–H groups in total. The van der Waals surface area contributed by atoms with E-state index in [0.717, 1.165) is 12.2 Å². The average molecular weight is 281 g/mol. The second-order valence-corrected chi connectivity index (χ2v) is 5.01. The molecule has 0 fully saturated rings. The van der Waals surface area contributed by atoms with E-state index in [0.29, 0.717) is 17.1 Å². The minimum atomic E-state index is -0.261. The Labute approximate surface area is 118 Å². The van der Waals surface area contributed by atoms with E-state index in [1.807, 2.05) is 12.3 Å². The van der Waals surface area contributed by atoms with Crippen molar-refractivity contribution in [3.05, 3.63) is 58.6 Å². The zero-order valence-electron chi connectivity index (χ0n) is 11.2. The van der Waals surface area contributed by atoms with Gasteiger partial charge in [-0.3, -0.25) is 0 Å². The Kier molecular flexibility index (Phi) is 4.61. The first-order valence-corrected chi connectivity index (χ1v) is 6.82. The number of nitrogens with one attached hydrogen (secondary N) is 1. The molecule has 0 saturated carbocycles. The Morgan fingerprint density at radius 2 is 2.16 bits per heavy atom. The molecule has 2 nitrogen and oxygen atoms in total. The third kappa shape index (κ3) is 3.37. The molecule has 0 aliphatic carbocycles. The van der Waals surface area contributed by atoms with Gasteiger partial charge in [-0.1, -0.05) is 24.6 Å². The van der Waals surface area contributed by atoms with E-state index < -0.39 is 0 Å². The first kappa shape index (κ1) is 14.1. The van der Waals surface area contributed by atoms with E-state index in [4.69, 9.17) is 11.6 Å². The van der Waals surface area contributed by atoms with Crippen molar-refractivity contribution in [3.8, 4) is 0 Å². The van der Waals surface area contributed by atoms with Gasteiger partial charge in [-0.05, 0) is 37.7 Å². The van der Waals surface area contributed by atoms with Crippen LogP contribution in [0.15, 0.2) is 36.5 Å². The topological polar surface area (TPSA) is 17.0 Å². The lowest BCUT2D eigenvalue weighted by atomic mass is 10.2. The summed E-state index contributed by atoms with van der Waals surface area (Å²) in [5.41, 5.74) is 1.79. The normalized spacial score (nSPS) is 12.6. The number of hydrogen-bond donors (Lipinski definition) is 1. The highest BCUT2D eigenvalue weighted by Crippen LogP contribution is 2.19. The molecule has 19 heavy (non-hydrogen) atoms. The summed E-state index contributed by atoms with van der Waals surface area (Å²) in [5, 5.41) is 3.79. The Morgan fingerprint density at radius 3 is 2.84 bits per heavy atom. The summed E-state index contributed by atoms with van der Waals surface area (Å²) < 4.78 is 15.9. The molecule has 1 atom stereocenters. The minimum Gasteiger partial charge on any atom is -0.345 e. The van der Waals surface area contributed by atoms with Gasteiger partial charge in [0, 0.05) is 28.5 Å². The molecule has 0 aliphatic heterocycles. The standard InChI is InChI=1S/C15H18ClFN2/c1-3-18-11(2)15-5-4-8-19(15)10-12-6-7-13(16)9-14(12)17/h4-9,11,18H,3,10H2,1-2H3. The van der Waals surface area contributed by atoms with Gasteiger partial charge in [0.15, 0.2) is 0 Å². The van der Waals surface area contributed by atoms with Crippen molar-refractivity contribution in [1.82, 2.24) is 9.88 Å². The van der Waals surface area contributed by atoms with E-state index in [1.54, 1.807) is 12.1 Å². The van der Waals surface area contributed by atoms with Crippen molar-refractivity contribution in [2.24, 2.45) is 0 Å². The van der Waals surface area contributed by atoms with Crippen molar-refractivity contribution in [2.75, 3.05) is 6.54 Å². The van der Waals surface area contributed by atoms with E-state index in [2.05, 4.69) is 29.8 Å². The number of aromatic nitrogens is 1. The second kappa shape index (κ2) is 6.22. The van der Waals surface area contributed by atoms with Crippen LogP contribution in [0.25, 0.3) is 0 Å². The zero-order valence-corrected chi connectivity index (χ0v) is 11.9. The van der Waals surface area contributed by atoms with Crippen LogP contribution in [0.4, 0.5) is 4.39 Å². The van der Waals surface area contributed by atoms with E-state index >= 15 is 0 Å². The minimum absolute atomic E-state index is 0.246. The summed E-state index contributed by atoms with van der Waals surface area (Å²) in [4.78, 5) is 0. The maximum absolute atomic E-state index is 13.8. The van der Waals surface area contributed by atoms with Crippen LogP contribution in [0.2, 0.25) is 5.02 Å². The van der Waals surface area contributed by atoms with Gasteiger partial charge in [-0.2, -0.15) is 0 Å². The van der Waals surface area contributed by atoms with Crippen LogP contribution >= 0.6 is 11.6 Å². The van der Waals surface area contributed by atoms with Crippen molar-refractivity contribution in [1.29, 1.82) is 0 Å². The van der Waals surface area contributed by atoms with Gasteiger partial charge in [0.1, 0.15) is 5.82 Å². The number of halogens is 2. The van der Waals surface area contributed by atoms with Gasteiger partial charge in [0.05, 0.1) is 6.54 Å². The molecule has 4 heteroatoms. The molecule has 1 heterocycles. The van der Waals surface area contributed by atoms with Crippen LogP contribution < -0.4 is 5.32 Å². The highest BCUT2D eigenvalue weighted by atomic mass is 35.5. The molecule has 0 spiro atoms. The van der Waals surface area contributed by atoms with Crippen molar-refractivity contribution >= 4 is 11.6 Å². The number of benzene rings is 1. The van der Waals surface area contributed by atoms with Crippen LogP contribution in [0.1, 0.15) is 31.1 Å². The summed E-state index contributed by atoms with van der Waals surface area (Å²) in [7, 11) is 0. The molecule has 102 valence electrons. The highest BCUT2D eigenvalue weighted by molar-refractivity contribution is 6.30. The fourth-order valence-corrected chi connectivity index (χ4v) is 2.37. The third-order valence-electron chi connectivity index (χ3n) is 3.17. The van der Waals surface area contributed by atoms with Crippen molar-refractivity contribution in [3.63, 3.8) is 0 Å². The van der Waals surface area contributed by atoms with E-state index in [1.165, 1.54) is 6.07 Å². The predicted molar refractivity (Wildman–Crippen MR) is 77.0 cm³/mol. The van der Waals surface area contributed by atoms with Crippen LogP contribution in [0.5, 0.6) is 0 Å². The molecule has 1 unspecified atom stereocenters.